The monoisotopic (exact) mass is 339 g/mol. The topological polar surface area (TPSA) is 18.5 Å². The van der Waals surface area contributed by atoms with Crippen molar-refractivity contribution in [1.29, 1.82) is 0 Å². The summed E-state index contributed by atoms with van der Waals surface area (Å²) in [7, 11) is 6.45. The van der Waals surface area contributed by atoms with Crippen molar-refractivity contribution in [2.24, 2.45) is 0 Å². The molecular formula is C16H26BrN3. The van der Waals surface area contributed by atoms with Crippen LogP contribution in [0.1, 0.15) is 24.8 Å². The molecule has 0 heterocycles. The predicted molar refractivity (Wildman–Crippen MR) is 90.4 cm³/mol. The largest absolute Gasteiger partial charge is 0.374 e. The number of hydrogen-bond donors (Lipinski definition) is 1. The van der Waals surface area contributed by atoms with Gasteiger partial charge in [-0.05, 0) is 63.7 Å². The van der Waals surface area contributed by atoms with Crippen LogP contribution in [0, 0.1) is 0 Å². The first-order valence-electron chi connectivity index (χ1n) is 7.44. The van der Waals surface area contributed by atoms with Gasteiger partial charge in [0.25, 0.3) is 0 Å². The standard InChI is InChI=1S/C16H26BrN3/c1-19(2)9-4-10-20(3)16-8-5-14(17)11-13(16)12-18-15-6-7-15/h5,8,11,15,18H,4,6-7,9-10,12H2,1-3H3. The second-order valence-electron chi connectivity index (χ2n) is 6.01. The van der Waals surface area contributed by atoms with Crippen molar-refractivity contribution >= 4 is 21.6 Å². The van der Waals surface area contributed by atoms with Gasteiger partial charge in [0.2, 0.25) is 0 Å². The Hall–Kier alpha value is -0.580. The Labute approximate surface area is 131 Å². The average molecular weight is 340 g/mol. The lowest BCUT2D eigenvalue weighted by molar-refractivity contribution is 0.401. The zero-order chi connectivity index (χ0) is 14.5. The summed E-state index contributed by atoms with van der Waals surface area (Å²) in [4.78, 5) is 4.62. The number of hydrogen-bond acceptors (Lipinski definition) is 3. The zero-order valence-corrected chi connectivity index (χ0v) is 14.4. The van der Waals surface area contributed by atoms with Gasteiger partial charge in [0, 0.05) is 36.3 Å². The van der Waals surface area contributed by atoms with E-state index in [4.69, 9.17) is 0 Å². The van der Waals surface area contributed by atoms with E-state index in [1.54, 1.807) is 0 Å². The lowest BCUT2D eigenvalue weighted by atomic mass is 10.1. The maximum Gasteiger partial charge on any atom is 0.0410 e. The molecule has 112 valence electrons. The van der Waals surface area contributed by atoms with Gasteiger partial charge in [-0.3, -0.25) is 0 Å². The highest BCUT2D eigenvalue weighted by Gasteiger charge is 2.20. The number of benzene rings is 1. The highest BCUT2D eigenvalue weighted by atomic mass is 79.9. The zero-order valence-electron chi connectivity index (χ0n) is 12.8. The fourth-order valence-corrected chi connectivity index (χ4v) is 2.76. The van der Waals surface area contributed by atoms with Crippen molar-refractivity contribution in [3.8, 4) is 0 Å². The third-order valence-corrected chi connectivity index (χ3v) is 4.20. The van der Waals surface area contributed by atoms with E-state index in [-0.39, 0.29) is 0 Å². The summed E-state index contributed by atoms with van der Waals surface area (Å²) in [5.74, 6) is 0. The molecule has 0 unspecified atom stereocenters. The van der Waals surface area contributed by atoms with Crippen molar-refractivity contribution in [1.82, 2.24) is 10.2 Å². The smallest absolute Gasteiger partial charge is 0.0410 e. The van der Waals surface area contributed by atoms with E-state index in [0.717, 1.165) is 30.1 Å². The van der Waals surface area contributed by atoms with Gasteiger partial charge in [-0.2, -0.15) is 0 Å². The Morgan fingerprint density at radius 2 is 1.95 bits per heavy atom. The Morgan fingerprint density at radius 1 is 1.20 bits per heavy atom. The number of nitrogens with one attached hydrogen (secondary N) is 1. The Balaban J connectivity index is 1.96. The second kappa shape index (κ2) is 7.43. The van der Waals surface area contributed by atoms with Crippen LogP contribution in [0.5, 0.6) is 0 Å². The maximum atomic E-state index is 3.61. The highest BCUT2D eigenvalue weighted by Crippen LogP contribution is 2.26. The van der Waals surface area contributed by atoms with Gasteiger partial charge < -0.3 is 15.1 Å². The van der Waals surface area contributed by atoms with E-state index < -0.39 is 0 Å². The molecule has 0 bridgehead atoms. The second-order valence-corrected chi connectivity index (χ2v) is 6.92. The molecule has 0 amide bonds. The molecule has 1 aromatic rings. The molecule has 1 aliphatic rings. The minimum atomic E-state index is 0.751. The van der Waals surface area contributed by atoms with Gasteiger partial charge in [-0.25, -0.2) is 0 Å². The van der Waals surface area contributed by atoms with Crippen LogP contribution in [0.3, 0.4) is 0 Å². The normalized spacial score (nSPS) is 14.8. The summed E-state index contributed by atoms with van der Waals surface area (Å²) < 4.78 is 1.16. The van der Waals surface area contributed by atoms with Gasteiger partial charge in [0.15, 0.2) is 0 Å². The van der Waals surface area contributed by atoms with Crippen LogP contribution in [0.2, 0.25) is 0 Å². The van der Waals surface area contributed by atoms with Gasteiger partial charge >= 0.3 is 0 Å². The van der Waals surface area contributed by atoms with Crippen LogP contribution in [-0.4, -0.2) is 45.2 Å². The van der Waals surface area contributed by atoms with Crippen molar-refractivity contribution in [2.45, 2.75) is 31.8 Å². The molecule has 1 saturated carbocycles. The van der Waals surface area contributed by atoms with Crippen molar-refractivity contribution < 1.29 is 0 Å². The van der Waals surface area contributed by atoms with Crippen LogP contribution >= 0.6 is 15.9 Å². The fraction of sp³-hybridized carbons (Fsp3) is 0.625. The van der Waals surface area contributed by atoms with Gasteiger partial charge in [-0.1, -0.05) is 15.9 Å². The lowest BCUT2D eigenvalue weighted by Gasteiger charge is -2.24. The van der Waals surface area contributed by atoms with Gasteiger partial charge in [0.1, 0.15) is 0 Å². The first-order valence-corrected chi connectivity index (χ1v) is 8.23. The molecule has 1 fully saturated rings. The summed E-state index contributed by atoms with van der Waals surface area (Å²) in [5, 5.41) is 3.61. The summed E-state index contributed by atoms with van der Waals surface area (Å²) in [6.45, 7) is 3.20. The average Bonchev–Trinajstić information content (AvgIpc) is 3.19. The molecule has 1 aromatic carbocycles. The Morgan fingerprint density at radius 3 is 2.60 bits per heavy atom. The van der Waals surface area contributed by atoms with E-state index >= 15 is 0 Å². The Bertz CT molecular complexity index is 430. The Kier molecular flexibility index (Phi) is 5.87. The molecule has 0 aliphatic heterocycles. The number of anilines is 1. The van der Waals surface area contributed by atoms with Crippen LogP contribution in [0.4, 0.5) is 5.69 Å². The van der Waals surface area contributed by atoms with Crippen molar-refractivity contribution in [3.63, 3.8) is 0 Å². The molecule has 3 nitrogen and oxygen atoms in total. The van der Waals surface area contributed by atoms with E-state index in [1.807, 2.05) is 0 Å². The molecule has 0 radical (unpaired) electrons. The van der Waals surface area contributed by atoms with Gasteiger partial charge in [0.05, 0.1) is 0 Å². The molecule has 0 saturated heterocycles. The molecule has 4 heteroatoms. The van der Waals surface area contributed by atoms with Crippen LogP contribution in [0.25, 0.3) is 0 Å². The minimum Gasteiger partial charge on any atom is -0.374 e. The number of halogens is 1. The SMILES string of the molecule is CN(C)CCCN(C)c1ccc(Br)cc1CNC1CC1. The predicted octanol–water partition coefficient (Wildman–Crippen LogP) is 3.09. The molecule has 20 heavy (non-hydrogen) atoms. The van der Waals surface area contributed by atoms with E-state index in [0.29, 0.717) is 0 Å². The fourth-order valence-electron chi connectivity index (χ4n) is 2.35. The van der Waals surface area contributed by atoms with Crippen LogP contribution in [-0.2, 0) is 6.54 Å². The molecule has 0 spiro atoms. The van der Waals surface area contributed by atoms with E-state index in [9.17, 15) is 0 Å². The van der Waals surface area contributed by atoms with E-state index in [2.05, 4.69) is 70.4 Å². The molecular weight excluding hydrogens is 314 g/mol. The van der Waals surface area contributed by atoms with Crippen LogP contribution < -0.4 is 10.2 Å². The number of nitrogens with zero attached hydrogens (tertiary/aromatic N) is 2. The van der Waals surface area contributed by atoms with Crippen molar-refractivity contribution in [3.05, 3.63) is 28.2 Å². The highest BCUT2D eigenvalue weighted by molar-refractivity contribution is 9.10. The molecule has 1 aliphatic carbocycles. The third kappa shape index (κ3) is 5.08. The van der Waals surface area contributed by atoms with Gasteiger partial charge in [-0.15, -0.1) is 0 Å². The van der Waals surface area contributed by atoms with E-state index in [1.165, 1.54) is 30.5 Å². The maximum absolute atomic E-state index is 3.61. The molecule has 1 N–H and O–H groups in total. The summed E-state index contributed by atoms with van der Waals surface area (Å²) >= 11 is 3.59. The first-order chi connectivity index (χ1) is 9.56. The summed E-state index contributed by atoms with van der Waals surface area (Å²) in [6.07, 6.45) is 3.86. The quantitative estimate of drug-likeness (QED) is 0.785. The minimum absolute atomic E-state index is 0.751. The lowest BCUT2D eigenvalue weighted by Crippen LogP contribution is -2.25. The molecule has 0 atom stereocenters. The first kappa shape index (κ1) is 15.8. The third-order valence-electron chi connectivity index (χ3n) is 3.71. The van der Waals surface area contributed by atoms with Crippen LogP contribution in [0.15, 0.2) is 22.7 Å². The summed E-state index contributed by atoms with van der Waals surface area (Å²) in [6, 6.07) is 7.36. The van der Waals surface area contributed by atoms with Crippen molar-refractivity contribution in [2.75, 3.05) is 39.1 Å². The molecule has 0 aromatic heterocycles. The summed E-state index contributed by atoms with van der Waals surface area (Å²) in [5.41, 5.74) is 2.73. The number of rotatable bonds is 8. The molecule has 2 rings (SSSR count).